The maximum atomic E-state index is 10.8. The minimum atomic E-state index is -1.33. The summed E-state index contributed by atoms with van der Waals surface area (Å²) in [6.07, 6.45) is 0. The van der Waals surface area contributed by atoms with E-state index in [9.17, 15) is 19.8 Å². The van der Waals surface area contributed by atoms with E-state index >= 15 is 0 Å². The molecule has 0 bridgehead atoms. The number of phenolic OH excluding ortho intramolecular Hbond substituents is 2. The van der Waals surface area contributed by atoms with Gasteiger partial charge in [0.15, 0.2) is 0 Å². The Hall–Kier alpha value is -2.91. The van der Waals surface area contributed by atoms with Crippen LogP contribution in [0.25, 0.3) is 0 Å². The van der Waals surface area contributed by atoms with Gasteiger partial charge < -0.3 is 30.6 Å². The fourth-order valence-corrected chi connectivity index (χ4v) is 1.39. The summed E-state index contributed by atoms with van der Waals surface area (Å²) in [5.41, 5.74) is -0.824. The van der Waals surface area contributed by atoms with Crippen molar-refractivity contribution in [1.29, 1.82) is 0 Å². The van der Waals surface area contributed by atoms with E-state index in [0.717, 1.165) is 24.3 Å². The molecule has 2 rings (SSSR count). The number of hydrogen-bond acceptors (Lipinski definition) is 6. The van der Waals surface area contributed by atoms with Gasteiger partial charge in [-0.3, -0.25) is 0 Å². The Labute approximate surface area is 140 Å². The molecule has 2 aromatic carbocycles. The van der Waals surface area contributed by atoms with Gasteiger partial charge >= 0.3 is 28.7 Å². The molecule has 0 aliphatic heterocycles. The number of para-hydroxylation sites is 2. The molecular weight excluding hydrogens is 355 g/mol. The van der Waals surface area contributed by atoms with Crippen molar-refractivity contribution >= 4 is 11.9 Å². The maximum Gasteiger partial charge on any atom is 2.00 e. The Kier molecular flexibility index (Phi) is 7.43. The first-order chi connectivity index (χ1) is 10.3. The first-order valence-electron chi connectivity index (χ1n) is 5.70. The molecule has 0 fully saturated rings. The summed E-state index contributed by atoms with van der Waals surface area (Å²) in [6, 6.07) is 7.19. The van der Waals surface area contributed by atoms with Crippen molar-refractivity contribution in [3.63, 3.8) is 0 Å². The largest absolute Gasteiger partial charge is 2.00 e. The summed E-state index contributed by atoms with van der Waals surface area (Å²) in [5.74, 6) is -5.42. The fraction of sp³-hybridized carbons (Fsp3) is 0. The van der Waals surface area contributed by atoms with E-state index in [-0.39, 0.29) is 16.8 Å². The molecule has 0 saturated carbocycles. The number of aromatic carboxylic acids is 2. The van der Waals surface area contributed by atoms with Gasteiger partial charge in [0.25, 0.3) is 0 Å². The fourth-order valence-electron chi connectivity index (χ4n) is 1.39. The van der Waals surface area contributed by atoms with Gasteiger partial charge in [0.1, 0.15) is 11.5 Å². The molecule has 123 valence electrons. The zero-order chi connectivity index (χ0) is 16.9. The van der Waals surface area contributed by atoms with E-state index in [4.69, 9.17) is 20.4 Å². The van der Waals surface area contributed by atoms with Crippen LogP contribution in [0.15, 0.2) is 36.4 Å². The molecule has 0 spiro atoms. The minimum Gasteiger partial charge on any atom is -0.869 e. The molecule has 2 aromatic rings. The van der Waals surface area contributed by atoms with Crippen molar-refractivity contribution in [1.82, 2.24) is 0 Å². The Balaban J connectivity index is 0.000000403. The molecule has 8 nitrogen and oxygen atoms in total. The quantitative estimate of drug-likeness (QED) is 0.592. The van der Waals surface area contributed by atoms with E-state index in [0.29, 0.717) is 0 Å². The summed E-state index contributed by atoms with van der Waals surface area (Å²) in [5, 5.41) is 55.9. The number of hydrogen-bond donors (Lipinski definition) is 4. The third-order valence-electron chi connectivity index (χ3n) is 2.45. The third kappa shape index (κ3) is 5.09. The number of carbonyl (C=O) groups is 2. The van der Waals surface area contributed by atoms with Crippen LogP contribution in [-0.2, 0) is 16.8 Å². The molecule has 0 unspecified atom stereocenters. The zero-order valence-electron chi connectivity index (χ0n) is 11.2. The van der Waals surface area contributed by atoms with Gasteiger partial charge in [-0.05, 0) is 24.3 Å². The van der Waals surface area contributed by atoms with Gasteiger partial charge in [0, 0.05) is 0 Å². The first kappa shape index (κ1) is 20.1. The van der Waals surface area contributed by atoms with Crippen molar-refractivity contribution in [2.75, 3.05) is 0 Å². The van der Waals surface area contributed by atoms with Crippen LogP contribution in [0, 0.1) is 0 Å². The number of benzene rings is 2. The molecule has 0 aromatic heterocycles. The minimum absolute atomic E-state index is 0. The number of aromatic hydroxyl groups is 2. The standard InChI is InChI=1S/2C7H6O4.Co/c2*8-5-3-1-2-4(6(5)9)7(10)11;/h2*1-3,8-9H,(H,10,11);/q;;+2/p-2. The van der Waals surface area contributed by atoms with Gasteiger partial charge in [-0.25, -0.2) is 9.59 Å². The van der Waals surface area contributed by atoms with E-state index in [2.05, 4.69) is 0 Å². The molecule has 4 N–H and O–H groups in total. The van der Waals surface area contributed by atoms with E-state index in [1.165, 1.54) is 12.1 Å². The van der Waals surface area contributed by atoms with Crippen LogP contribution < -0.4 is 10.2 Å². The predicted molar refractivity (Wildman–Crippen MR) is 69.0 cm³/mol. The molecule has 0 amide bonds. The second-order valence-electron chi connectivity index (χ2n) is 3.92. The molecular formula is C14H10CoO8. The first-order valence-corrected chi connectivity index (χ1v) is 5.70. The molecule has 0 atom stereocenters. The Morgan fingerprint density at radius 2 is 1.04 bits per heavy atom. The van der Waals surface area contributed by atoms with Gasteiger partial charge in [-0.1, -0.05) is 23.6 Å². The molecule has 0 heterocycles. The molecule has 0 saturated heterocycles. The van der Waals surface area contributed by atoms with Gasteiger partial charge in [-0.2, -0.15) is 0 Å². The number of carboxylic acid groups (broad SMARTS) is 2. The Morgan fingerprint density at radius 3 is 1.26 bits per heavy atom. The van der Waals surface area contributed by atoms with Gasteiger partial charge in [0.05, 0.1) is 11.1 Å². The van der Waals surface area contributed by atoms with Crippen LogP contribution in [0.1, 0.15) is 20.7 Å². The molecule has 23 heavy (non-hydrogen) atoms. The number of carboxylic acids is 2. The third-order valence-corrected chi connectivity index (χ3v) is 2.45. The van der Waals surface area contributed by atoms with Crippen molar-refractivity contribution in [3.05, 3.63) is 47.5 Å². The van der Waals surface area contributed by atoms with Gasteiger partial charge in [0.2, 0.25) is 0 Å². The Morgan fingerprint density at radius 1 is 0.739 bits per heavy atom. The molecule has 9 heteroatoms. The zero-order valence-corrected chi connectivity index (χ0v) is 12.3. The summed E-state index contributed by atoms with van der Waals surface area (Å²) in [4.78, 5) is 20.5. The van der Waals surface area contributed by atoms with Crippen LogP contribution in [-0.4, -0.2) is 32.4 Å². The van der Waals surface area contributed by atoms with Crippen LogP contribution >= 0.6 is 0 Å². The van der Waals surface area contributed by atoms with Crippen molar-refractivity contribution < 1.29 is 57.0 Å². The van der Waals surface area contributed by atoms with Crippen molar-refractivity contribution in [3.8, 4) is 23.0 Å². The molecule has 0 aliphatic carbocycles. The number of phenols is 2. The van der Waals surface area contributed by atoms with E-state index < -0.39 is 46.1 Å². The van der Waals surface area contributed by atoms with Crippen molar-refractivity contribution in [2.45, 2.75) is 0 Å². The van der Waals surface area contributed by atoms with Crippen LogP contribution in [0.4, 0.5) is 0 Å². The van der Waals surface area contributed by atoms with Crippen LogP contribution in [0.5, 0.6) is 23.0 Å². The average molecular weight is 365 g/mol. The van der Waals surface area contributed by atoms with Gasteiger partial charge in [-0.15, -0.1) is 0 Å². The SMILES string of the molecule is O=C(O)c1cccc(O)c1[O-].O=C(O)c1cccc(O)c1[O-].[Co+2]. The summed E-state index contributed by atoms with van der Waals surface area (Å²) in [7, 11) is 0. The maximum absolute atomic E-state index is 10.8. The van der Waals surface area contributed by atoms with Crippen LogP contribution in [0.2, 0.25) is 0 Å². The second-order valence-corrected chi connectivity index (χ2v) is 3.92. The van der Waals surface area contributed by atoms with E-state index in [1.807, 2.05) is 0 Å². The smallest absolute Gasteiger partial charge is 0.869 e. The Bertz CT molecular complexity index is 652. The molecule has 1 radical (unpaired) electrons. The van der Waals surface area contributed by atoms with Crippen LogP contribution in [0.3, 0.4) is 0 Å². The number of rotatable bonds is 2. The van der Waals surface area contributed by atoms with Crippen molar-refractivity contribution in [2.24, 2.45) is 0 Å². The summed E-state index contributed by atoms with van der Waals surface area (Å²) in [6.45, 7) is 0. The second kappa shape index (κ2) is 8.51. The average Bonchev–Trinajstić information content (AvgIpc) is 2.45. The monoisotopic (exact) mass is 365 g/mol. The summed E-state index contributed by atoms with van der Waals surface area (Å²) >= 11 is 0. The topological polar surface area (TPSA) is 161 Å². The normalized spacial score (nSPS) is 9.04. The van der Waals surface area contributed by atoms with E-state index in [1.54, 1.807) is 0 Å². The summed E-state index contributed by atoms with van der Waals surface area (Å²) < 4.78 is 0. The predicted octanol–water partition coefficient (Wildman–Crippen LogP) is 0.325. The molecule has 0 aliphatic rings.